The van der Waals surface area contributed by atoms with Crippen LogP contribution in [-0.4, -0.2) is 22.1 Å². The number of hydrogen-bond donors (Lipinski definition) is 3. The third-order valence-corrected chi connectivity index (χ3v) is 4.21. The Hall–Kier alpha value is -3.65. The number of aryl methyl sites for hydroxylation is 1. The van der Waals surface area contributed by atoms with Crippen LogP contribution in [0.2, 0.25) is 5.02 Å². The van der Waals surface area contributed by atoms with Crippen molar-refractivity contribution in [3.63, 3.8) is 0 Å². The van der Waals surface area contributed by atoms with E-state index in [0.717, 1.165) is 11.6 Å². The van der Waals surface area contributed by atoms with Crippen LogP contribution in [0.3, 0.4) is 0 Å². The van der Waals surface area contributed by atoms with E-state index in [9.17, 15) is 14.0 Å². The number of carboxylic acid groups (broad SMARTS) is 1. The number of pyridine rings is 1. The molecule has 9 heteroatoms. The minimum absolute atomic E-state index is 0.0542. The molecule has 3 aromatic rings. The second kappa shape index (κ2) is 8.57. The van der Waals surface area contributed by atoms with Crippen LogP contribution in [0.25, 0.3) is 0 Å². The molecule has 0 aliphatic carbocycles. The van der Waals surface area contributed by atoms with Gasteiger partial charge in [0.15, 0.2) is 5.69 Å². The fraction of sp³-hybridized carbons (Fsp3) is 0.0500. The molecular formula is C20H15ClFN3O4. The van der Waals surface area contributed by atoms with Crippen LogP contribution in [0, 0.1) is 12.7 Å². The van der Waals surface area contributed by atoms with Crippen molar-refractivity contribution in [1.29, 1.82) is 0 Å². The fourth-order valence-electron chi connectivity index (χ4n) is 2.40. The Bertz CT molecular complexity index is 1090. The molecule has 148 valence electrons. The molecule has 0 aliphatic rings. The Kier molecular flexibility index (Phi) is 5.94. The molecule has 1 aromatic heterocycles. The van der Waals surface area contributed by atoms with Gasteiger partial charge < -0.3 is 20.5 Å². The number of carbonyl (C=O) groups is 2. The molecule has 0 unspecified atom stereocenters. The number of rotatable bonds is 5. The number of aromatic nitrogens is 1. The summed E-state index contributed by atoms with van der Waals surface area (Å²) in [5, 5.41) is 14.5. The number of benzene rings is 2. The van der Waals surface area contributed by atoms with Gasteiger partial charge in [-0.05, 0) is 48.9 Å². The SMILES string of the molecule is Cc1cc(NC(=O)Nc2ccc(Oc3ccnc(C(=O)O)c3)cc2F)ccc1Cl. The Morgan fingerprint density at radius 3 is 2.52 bits per heavy atom. The van der Waals surface area contributed by atoms with Crippen molar-refractivity contribution < 1.29 is 23.8 Å². The van der Waals surface area contributed by atoms with Crippen LogP contribution >= 0.6 is 11.6 Å². The molecule has 0 fully saturated rings. The smallest absolute Gasteiger partial charge is 0.354 e. The Morgan fingerprint density at radius 2 is 1.83 bits per heavy atom. The average molecular weight is 416 g/mol. The van der Waals surface area contributed by atoms with Gasteiger partial charge in [0.1, 0.15) is 17.3 Å². The van der Waals surface area contributed by atoms with Crippen molar-refractivity contribution in [3.8, 4) is 11.5 Å². The molecule has 0 radical (unpaired) electrons. The zero-order valence-corrected chi connectivity index (χ0v) is 15.8. The monoisotopic (exact) mass is 415 g/mol. The van der Waals surface area contributed by atoms with Gasteiger partial charge in [-0.15, -0.1) is 0 Å². The minimum atomic E-state index is -1.21. The summed E-state index contributed by atoms with van der Waals surface area (Å²) in [4.78, 5) is 26.7. The van der Waals surface area contributed by atoms with Crippen LogP contribution < -0.4 is 15.4 Å². The summed E-state index contributed by atoms with van der Waals surface area (Å²) in [5.74, 6) is -1.61. The molecule has 0 saturated heterocycles. The third kappa shape index (κ3) is 5.20. The summed E-state index contributed by atoms with van der Waals surface area (Å²) in [6.07, 6.45) is 1.27. The van der Waals surface area contributed by atoms with Gasteiger partial charge in [0, 0.05) is 29.0 Å². The summed E-state index contributed by atoms with van der Waals surface area (Å²) in [7, 11) is 0. The van der Waals surface area contributed by atoms with Crippen molar-refractivity contribution in [2.24, 2.45) is 0 Å². The molecule has 2 amide bonds. The lowest BCUT2D eigenvalue weighted by Crippen LogP contribution is -2.20. The van der Waals surface area contributed by atoms with Gasteiger partial charge >= 0.3 is 12.0 Å². The molecule has 0 saturated carbocycles. The topological polar surface area (TPSA) is 101 Å². The first-order valence-electron chi connectivity index (χ1n) is 8.33. The molecule has 3 rings (SSSR count). The molecule has 3 N–H and O–H groups in total. The van der Waals surface area contributed by atoms with Gasteiger partial charge in [0.05, 0.1) is 5.69 Å². The number of anilines is 2. The number of carboxylic acids is 1. The second-order valence-electron chi connectivity index (χ2n) is 5.97. The summed E-state index contributed by atoms with van der Waals surface area (Å²) >= 11 is 5.94. The van der Waals surface area contributed by atoms with E-state index in [1.807, 2.05) is 0 Å². The predicted octanol–water partition coefficient (Wildman–Crippen LogP) is 5.32. The summed E-state index contributed by atoms with van der Waals surface area (Å²) < 4.78 is 19.8. The lowest BCUT2D eigenvalue weighted by atomic mass is 10.2. The van der Waals surface area contributed by atoms with Crippen LogP contribution in [-0.2, 0) is 0 Å². The normalized spacial score (nSPS) is 10.3. The summed E-state index contributed by atoms with van der Waals surface area (Å²) in [5.41, 5.74) is 1.05. The number of nitrogens with zero attached hydrogens (tertiary/aromatic N) is 1. The van der Waals surface area contributed by atoms with Crippen molar-refractivity contribution in [1.82, 2.24) is 4.98 Å². The maximum absolute atomic E-state index is 14.3. The van der Waals surface area contributed by atoms with E-state index in [1.165, 1.54) is 30.5 Å². The largest absolute Gasteiger partial charge is 0.477 e. The molecular weight excluding hydrogens is 401 g/mol. The quantitative estimate of drug-likeness (QED) is 0.523. The maximum Gasteiger partial charge on any atom is 0.354 e. The fourth-order valence-corrected chi connectivity index (χ4v) is 2.51. The highest BCUT2D eigenvalue weighted by molar-refractivity contribution is 6.31. The summed E-state index contributed by atoms with van der Waals surface area (Å²) in [6.45, 7) is 1.80. The maximum atomic E-state index is 14.3. The number of ether oxygens (including phenoxy) is 1. The van der Waals surface area contributed by atoms with Crippen molar-refractivity contribution in [3.05, 3.63) is 76.8 Å². The number of carbonyl (C=O) groups excluding carboxylic acids is 1. The lowest BCUT2D eigenvalue weighted by Gasteiger charge is -2.11. The van der Waals surface area contributed by atoms with Crippen LogP contribution in [0.4, 0.5) is 20.6 Å². The first-order chi connectivity index (χ1) is 13.8. The zero-order chi connectivity index (χ0) is 21.0. The van der Waals surface area contributed by atoms with Gasteiger partial charge in [-0.1, -0.05) is 11.6 Å². The zero-order valence-electron chi connectivity index (χ0n) is 15.1. The van der Waals surface area contributed by atoms with Gasteiger partial charge in [0.25, 0.3) is 0 Å². The van der Waals surface area contributed by atoms with E-state index in [-0.39, 0.29) is 22.9 Å². The lowest BCUT2D eigenvalue weighted by molar-refractivity contribution is 0.0690. The number of amides is 2. The Balaban J connectivity index is 1.67. The van der Waals surface area contributed by atoms with Crippen LogP contribution in [0.5, 0.6) is 11.5 Å². The standard InChI is InChI=1S/C20H15ClFN3O4/c1-11-8-12(2-4-15(11)21)24-20(28)25-17-5-3-13(9-16(17)22)29-14-6-7-23-18(10-14)19(26)27/h2-10H,1H3,(H,26,27)(H2,24,25,28). The van der Waals surface area contributed by atoms with Gasteiger partial charge in [-0.2, -0.15) is 0 Å². The number of aromatic carboxylic acids is 1. The molecule has 0 aliphatic heterocycles. The molecule has 29 heavy (non-hydrogen) atoms. The Labute approximate surface area is 170 Å². The first kappa shape index (κ1) is 20.1. The molecule has 1 heterocycles. The highest BCUT2D eigenvalue weighted by Crippen LogP contribution is 2.26. The van der Waals surface area contributed by atoms with Crippen molar-refractivity contribution in [2.45, 2.75) is 6.92 Å². The number of urea groups is 1. The Morgan fingerprint density at radius 1 is 1.07 bits per heavy atom. The minimum Gasteiger partial charge on any atom is -0.477 e. The average Bonchev–Trinajstić information content (AvgIpc) is 2.67. The first-order valence-corrected chi connectivity index (χ1v) is 8.70. The van der Waals surface area contributed by atoms with E-state index in [4.69, 9.17) is 21.4 Å². The molecule has 2 aromatic carbocycles. The van der Waals surface area contributed by atoms with Crippen molar-refractivity contribution >= 4 is 35.0 Å². The van der Waals surface area contributed by atoms with E-state index in [2.05, 4.69) is 15.6 Å². The molecule has 0 atom stereocenters. The van der Waals surface area contributed by atoms with Gasteiger partial charge in [-0.3, -0.25) is 0 Å². The third-order valence-electron chi connectivity index (χ3n) is 3.79. The van der Waals surface area contributed by atoms with Crippen LogP contribution in [0.15, 0.2) is 54.7 Å². The van der Waals surface area contributed by atoms with Gasteiger partial charge in [-0.25, -0.2) is 19.0 Å². The van der Waals surface area contributed by atoms with Crippen molar-refractivity contribution in [2.75, 3.05) is 10.6 Å². The van der Waals surface area contributed by atoms with E-state index in [0.29, 0.717) is 10.7 Å². The molecule has 0 bridgehead atoms. The van der Waals surface area contributed by atoms with Crippen LogP contribution in [0.1, 0.15) is 16.1 Å². The molecule has 0 spiro atoms. The number of halogens is 2. The van der Waals surface area contributed by atoms with E-state index >= 15 is 0 Å². The van der Waals surface area contributed by atoms with Gasteiger partial charge in [0.2, 0.25) is 0 Å². The second-order valence-corrected chi connectivity index (χ2v) is 6.38. The highest BCUT2D eigenvalue weighted by atomic mass is 35.5. The van der Waals surface area contributed by atoms with E-state index < -0.39 is 17.8 Å². The summed E-state index contributed by atoms with van der Waals surface area (Å²) in [6, 6.07) is 10.8. The predicted molar refractivity (Wildman–Crippen MR) is 107 cm³/mol. The highest BCUT2D eigenvalue weighted by Gasteiger charge is 2.11. The molecule has 7 nitrogen and oxygen atoms in total. The number of hydrogen-bond acceptors (Lipinski definition) is 4. The number of nitrogens with one attached hydrogen (secondary N) is 2. The van der Waals surface area contributed by atoms with E-state index in [1.54, 1.807) is 25.1 Å².